The monoisotopic (exact) mass is 287 g/mol. The van der Waals surface area contributed by atoms with E-state index in [0.717, 1.165) is 42.3 Å². The Balaban J connectivity index is 1.72. The maximum absolute atomic E-state index is 5.94. The molecule has 1 aromatic carbocycles. The summed E-state index contributed by atoms with van der Waals surface area (Å²) in [6, 6.07) is 6.85. The summed E-state index contributed by atoms with van der Waals surface area (Å²) in [5, 5.41) is 4.31. The summed E-state index contributed by atoms with van der Waals surface area (Å²) >= 11 is 0. The van der Waals surface area contributed by atoms with E-state index in [1.165, 1.54) is 0 Å². The number of aromatic nitrogens is 2. The van der Waals surface area contributed by atoms with Gasteiger partial charge in [0.25, 0.3) is 0 Å². The second-order valence-corrected chi connectivity index (χ2v) is 5.46. The van der Waals surface area contributed by atoms with E-state index in [1.54, 1.807) is 13.3 Å². The van der Waals surface area contributed by atoms with E-state index in [9.17, 15) is 0 Å². The van der Waals surface area contributed by atoms with E-state index in [0.29, 0.717) is 12.1 Å². The Morgan fingerprint density at radius 3 is 2.71 bits per heavy atom. The topological polar surface area (TPSA) is 56.3 Å². The van der Waals surface area contributed by atoms with Crippen LogP contribution in [-0.4, -0.2) is 36.3 Å². The number of hydrogen-bond donors (Lipinski definition) is 1. The molecule has 1 aliphatic carbocycles. The zero-order valence-electron chi connectivity index (χ0n) is 12.5. The number of benzene rings is 1. The average molecular weight is 287 g/mol. The standard InChI is InChI=1S/C16H21N3O2/c1-17-12-4-7-13(8-5-12)21-16-18-10-11-3-6-14(20-2)9-15(11)19-16/h3,6,9-10,12-13,17H,4-5,7-8H2,1-2H3/t12-,13-. The third-order valence-corrected chi connectivity index (χ3v) is 4.12. The molecule has 0 aliphatic heterocycles. The van der Waals surface area contributed by atoms with Crippen molar-refractivity contribution in [2.45, 2.75) is 37.8 Å². The highest BCUT2D eigenvalue weighted by Gasteiger charge is 2.22. The van der Waals surface area contributed by atoms with Crippen LogP contribution in [0.1, 0.15) is 25.7 Å². The fraction of sp³-hybridized carbons (Fsp3) is 0.500. The first kappa shape index (κ1) is 14.1. The number of nitrogens with zero attached hydrogens (tertiary/aromatic N) is 2. The second kappa shape index (κ2) is 6.26. The molecular formula is C16H21N3O2. The van der Waals surface area contributed by atoms with Crippen LogP contribution >= 0.6 is 0 Å². The van der Waals surface area contributed by atoms with Crippen molar-refractivity contribution in [1.82, 2.24) is 15.3 Å². The van der Waals surface area contributed by atoms with Gasteiger partial charge in [-0.25, -0.2) is 4.98 Å². The fourth-order valence-corrected chi connectivity index (χ4v) is 2.79. The molecule has 21 heavy (non-hydrogen) atoms. The molecule has 0 radical (unpaired) electrons. The summed E-state index contributed by atoms with van der Waals surface area (Å²) < 4.78 is 11.2. The molecule has 112 valence electrons. The zero-order valence-corrected chi connectivity index (χ0v) is 12.5. The van der Waals surface area contributed by atoms with Crippen molar-refractivity contribution < 1.29 is 9.47 Å². The Morgan fingerprint density at radius 1 is 1.19 bits per heavy atom. The molecule has 1 fully saturated rings. The Labute approximate surface area is 124 Å². The summed E-state index contributed by atoms with van der Waals surface area (Å²) in [6.45, 7) is 0. The van der Waals surface area contributed by atoms with Gasteiger partial charge in [-0.1, -0.05) is 0 Å². The molecule has 0 atom stereocenters. The number of nitrogens with one attached hydrogen (secondary N) is 1. The number of ether oxygens (including phenoxy) is 2. The molecule has 1 heterocycles. The molecule has 5 nitrogen and oxygen atoms in total. The molecule has 1 N–H and O–H groups in total. The van der Waals surface area contributed by atoms with Crippen molar-refractivity contribution >= 4 is 10.9 Å². The van der Waals surface area contributed by atoms with E-state index >= 15 is 0 Å². The van der Waals surface area contributed by atoms with E-state index in [4.69, 9.17) is 9.47 Å². The van der Waals surface area contributed by atoms with E-state index in [1.807, 2.05) is 25.2 Å². The van der Waals surface area contributed by atoms with Crippen molar-refractivity contribution in [2.75, 3.05) is 14.2 Å². The van der Waals surface area contributed by atoms with Crippen LogP contribution in [-0.2, 0) is 0 Å². The minimum atomic E-state index is 0.220. The highest BCUT2D eigenvalue weighted by Crippen LogP contribution is 2.24. The molecule has 1 saturated carbocycles. The van der Waals surface area contributed by atoms with Crippen LogP contribution < -0.4 is 14.8 Å². The maximum atomic E-state index is 5.94. The molecule has 0 unspecified atom stereocenters. The van der Waals surface area contributed by atoms with E-state index in [2.05, 4.69) is 15.3 Å². The van der Waals surface area contributed by atoms with Crippen LogP contribution in [0.3, 0.4) is 0 Å². The van der Waals surface area contributed by atoms with Crippen molar-refractivity contribution in [1.29, 1.82) is 0 Å². The maximum Gasteiger partial charge on any atom is 0.317 e. The minimum Gasteiger partial charge on any atom is -0.497 e. The smallest absolute Gasteiger partial charge is 0.317 e. The van der Waals surface area contributed by atoms with Gasteiger partial charge in [0.1, 0.15) is 11.9 Å². The summed E-state index contributed by atoms with van der Waals surface area (Å²) in [7, 11) is 3.67. The first-order chi connectivity index (χ1) is 10.3. The van der Waals surface area contributed by atoms with Crippen molar-refractivity contribution in [3.05, 3.63) is 24.4 Å². The van der Waals surface area contributed by atoms with Gasteiger partial charge in [0.05, 0.1) is 12.6 Å². The highest BCUT2D eigenvalue weighted by atomic mass is 16.5. The molecule has 0 bridgehead atoms. The summed E-state index contributed by atoms with van der Waals surface area (Å²) in [4.78, 5) is 8.79. The predicted molar refractivity (Wildman–Crippen MR) is 81.8 cm³/mol. The largest absolute Gasteiger partial charge is 0.497 e. The molecule has 1 aliphatic rings. The number of methoxy groups -OCH3 is 1. The lowest BCUT2D eigenvalue weighted by Gasteiger charge is -2.27. The van der Waals surface area contributed by atoms with E-state index < -0.39 is 0 Å². The van der Waals surface area contributed by atoms with Gasteiger partial charge in [-0.2, -0.15) is 4.98 Å². The molecule has 5 heteroatoms. The fourth-order valence-electron chi connectivity index (χ4n) is 2.79. The molecule has 2 aromatic rings. The van der Waals surface area contributed by atoms with Gasteiger partial charge >= 0.3 is 6.01 Å². The summed E-state index contributed by atoms with van der Waals surface area (Å²) in [5.41, 5.74) is 0.850. The first-order valence-corrected chi connectivity index (χ1v) is 7.43. The summed E-state index contributed by atoms with van der Waals surface area (Å²) in [5.74, 6) is 0.793. The van der Waals surface area contributed by atoms with Crippen LogP contribution in [0.4, 0.5) is 0 Å². The van der Waals surface area contributed by atoms with Crippen LogP contribution in [0.15, 0.2) is 24.4 Å². The lowest BCUT2D eigenvalue weighted by molar-refractivity contribution is 0.130. The first-order valence-electron chi connectivity index (χ1n) is 7.43. The minimum absolute atomic E-state index is 0.220. The Morgan fingerprint density at radius 2 is 2.00 bits per heavy atom. The Hall–Kier alpha value is -1.88. The third kappa shape index (κ3) is 3.24. The van der Waals surface area contributed by atoms with Gasteiger partial charge in [0, 0.05) is 23.7 Å². The third-order valence-electron chi connectivity index (χ3n) is 4.12. The predicted octanol–water partition coefficient (Wildman–Crippen LogP) is 2.55. The lowest BCUT2D eigenvalue weighted by Crippen LogP contribution is -2.34. The lowest BCUT2D eigenvalue weighted by atomic mass is 9.93. The van der Waals surface area contributed by atoms with Crippen LogP contribution in [0.5, 0.6) is 11.8 Å². The van der Waals surface area contributed by atoms with Gasteiger partial charge in [-0.05, 0) is 44.9 Å². The van der Waals surface area contributed by atoms with Gasteiger partial charge in [-0.3, -0.25) is 0 Å². The zero-order chi connectivity index (χ0) is 14.7. The number of rotatable bonds is 4. The Bertz CT molecular complexity index is 609. The summed E-state index contributed by atoms with van der Waals surface area (Å²) in [6.07, 6.45) is 6.40. The van der Waals surface area contributed by atoms with Crippen molar-refractivity contribution in [2.24, 2.45) is 0 Å². The molecule has 0 amide bonds. The van der Waals surface area contributed by atoms with Gasteiger partial charge in [-0.15, -0.1) is 0 Å². The molecule has 1 aromatic heterocycles. The molecule has 0 spiro atoms. The van der Waals surface area contributed by atoms with Gasteiger partial charge in [0.15, 0.2) is 0 Å². The van der Waals surface area contributed by atoms with Crippen molar-refractivity contribution in [3.8, 4) is 11.8 Å². The number of fused-ring (bicyclic) bond motifs is 1. The SMILES string of the molecule is CN[C@H]1CC[C@H](Oc2ncc3ccc(OC)cc3n2)CC1. The van der Waals surface area contributed by atoms with Gasteiger partial charge in [0.2, 0.25) is 0 Å². The van der Waals surface area contributed by atoms with E-state index in [-0.39, 0.29) is 6.10 Å². The average Bonchev–Trinajstić information content (AvgIpc) is 2.55. The van der Waals surface area contributed by atoms with Crippen LogP contribution in [0.2, 0.25) is 0 Å². The van der Waals surface area contributed by atoms with Gasteiger partial charge < -0.3 is 14.8 Å². The highest BCUT2D eigenvalue weighted by molar-refractivity contribution is 5.79. The molecular weight excluding hydrogens is 266 g/mol. The van der Waals surface area contributed by atoms with Crippen LogP contribution in [0.25, 0.3) is 10.9 Å². The normalized spacial score (nSPS) is 22.2. The quantitative estimate of drug-likeness (QED) is 0.936. The van der Waals surface area contributed by atoms with Crippen LogP contribution in [0, 0.1) is 0 Å². The molecule has 3 rings (SSSR count). The molecule has 0 saturated heterocycles. The Kier molecular flexibility index (Phi) is 4.20. The van der Waals surface area contributed by atoms with Crippen molar-refractivity contribution in [3.63, 3.8) is 0 Å². The number of hydrogen-bond acceptors (Lipinski definition) is 5. The second-order valence-electron chi connectivity index (χ2n) is 5.46.